The van der Waals surface area contributed by atoms with Gasteiger partial charge in [0.1, 0.15) is 5.75 Å². The average molecular weight is 359 g/mol. The Hall–Kier alpha value is -2.24. The third kappa shape index (κ3) is 4.90. The van der Waals surface area contributed by atoms with Gasteiger partial charge >= 0.3 is 6.03 Å². The highest BCUT2D eigenvalue weighted by Gasteiger charge is 2.33. The SMILES string of the molecule is CCC1CN(C(=O)Nc2cccc(OC)c2)CCC1CC(=O)NC1CC1. The molecule has 0 aromatic heterocycles. The fourth-order valence-corrected chi connectivity index (χ4v) is 3.65. The molecule has 1 aliphatic heterocycles. The van der Waals surface area contributed by atoms with Crippen molar-refractivity contribution < 1.29 is 14.3 Å². The summed E-state index contributed by atoms with van der Waals surface area (Å²) in [6, 6.07) is 7.69. The second-order valence-electron chi connectivity index (χ2n) is 7.37. The summed E-state index contributed by atoms with van der Waals surface area (Å²) in [6.45, 7) is 3.53. The normalized spacial score (nSPS) is 22.6. The van der Waals surface area contributed by atoms with E-state index < -0.39 is 0 Å². The van der Waals surface area contributed by atoms with Crippen molar-refractivity contribution >= 4 is 17.6 Å². The van der Waals surface area contributed by atoms with Gasteiger partial charge in [-0.3, -0.25) is 4.79 Å². The number of anilines is 1. The van der Waals surface area contributed by atoms with Crippen molar-refractivity contribution in [2.75, 3.05) is 25.5 Å². The van der Waals surface area contributed by atoms with Crippen molar-refractivity contribution in [3.63, 3.8) is 0 Å². The van der Waals surface area contributed by atoms with Gasteiger partial charge in [-0.15, -0.1) is 0 Å². The van der Waals surface area contributed by atoms with Crippen LogP contribution in [0.5, 0.6) is 5.75 Å². The van der Waals surface area contributed by atoms with Gasteiger partial charge in [0.2, 0.25) is 5.91 Å². The Morgan fingerprint density at radius 1 is 1.23 bits per heavy atom. The number of likely N-dealkylation sites (tertiary alicyclic amines) is 1. The molecule has 6 heteroatoms. The lowest BCUT2D eigenvalue weighted by molar-refractivity contribution is -0.123. The molecule has 1 aromatic rings. The van der Waals surface area contributed by atoms with Crippen molar-refractivity contribution in [2.45, 2.75) is 45.1 Å². The fraction of sp³-hybridized carbons (Fsp3) is 0.600. The largest absolute Gasteiger partial charge is 0.497 e. The number of carbonyl (C=O) groups excluding carboxylic acids is 2. The summed E-state index contributed by atoms with van der Waals surface area (Å²) in [6.07, 6.45) is 4.67. The Labute approximate surface area is 155 Å². The van der Waals surface area contributed by atoms with Gasteiger partial charge in [-0.05, 0) is 43.2 Å². The molecule has 6 nitrogen and oxygen atoms in total. The van der Waals surface area contributed by atoms with E-state index in [-0.39, 0.29) is 11.9 Å². The van der Waals surface area contributed by atoms with Crippen molar-refractivity contribution in [1.82, 2.24) is 10.2 Å². The molecule has 3 rings (SSSR count). The van der Waals surface area contributed by atoms with Gasteiger partial charge in [-0.25, -0.2) is 4.79 Å². The zero-order chi connectivity index (χ0) is 18.5. The molecule has 2 unspecified atom stereocenters. The van der Waals surface area contributed by atoms with E-state index in [1.54, 1.807) is 7.11 Å². The summed E-state index contributed by atoms with van der Waals surface area (Å²) in [5, 5.41) is 6.03. The Balaban J connectivity index is 1.53. The smallest absolute Gasteiger partial charge is 0.321 e. The van der Waals surface area contributed by atoms with Crippen molar-refractivity contribution in [3.8, 4) is 5.75 Å². The minimum absolute atomic E-state index is 0.0856. The summed E-state index contributed by atoms with van der Waals surface area (Å²) < 4.78 is 5.20. The number of benzene rings is 1. The molecule has 1 heterocycles. The van der Waals surface area contributed by atoms with Gasteiger partial charge in [0.05, 0.1) is 7.11 Å². The molecule has 1 saturated heterocycles. The maximum Gasteiger partial charge on any atom is 0.321 e. The second-order valence-corrected chi connectivity index (χ2v) is 7.37. The number of ether oxygens (including phenoxy) is 1. The number of hydrogen-bond acceptors (Lipinski definition) is 3. The molecule has 1 aromatic carbocycles. The predicted molar refractivity (Wildman–Crippen MR) is 101 cm³/mol. The van der Waals surface area contributed by atoms with Crippen LogP contribution in [-0.2, 0) is 4.79 Å². The van der Waals surface area contributed by atoms with E-state index in [0.29, 0.717) is 37.4 Å². The fourth-order valence-electron chi connectivity index (χ4n) is 3.65. The topological polar surface area (TPSA) is 70.7 Å². The van der Waals surface area contributed by atoms with Crippen molar-refractivity contribution in [3.05, 3.63) is 24.3 Å². The molecule has 0 bridgehead atoms. The van der Waals surface area contributed by atoms with Crippen LogP contribution in [0.25, 0.3) is 0 Å². The van der Waals surface area contributed by atoms with Crippen LogP contribution in [0.15, 0.2) is 24.3 Å². The van der Waals surface area contributed by atoms with Crippen LogP contribution in [0, 0.1) is 11.8 Å². The predicted octanol–water partition coefficient (Wildman–Crippen LogP) is 3.24. The first-order valence-corrected chi connectivity index (χ1v) is 9.58. The third-order valence-electron chi connectivity index (χ3n) is 5.41. The minimum Gasteiger partial charge on any atom is -0.497 e. The third-order valence-corrected chi connectivity index (χ3v) is 5.41. The Morgan fingerprint density at radius 2 is 2.04 bits per heavy atom. The minimum atomic E-state index is -0.0856. The van der Waals surface area contributed by atoms with Crippen LogP contribution in [-0.4, -0.2) is 43.1 Å². The van der Waals surface area contributed by atoms with Crippen LogP contribution in [0.1, 0.15) is 39.0 Å². The monoisotopic (exact) mass is 359 g/mol. The van der Waals surface area contributed by atoms with Gasteiger partial charge in [0.25, 0.3) is 0 Å². The van der Waals surface area contributed by atoms with E-state index >= 15 is 0 Å². The molecule has 26 heavy (non-hydrogen) atoms. The molecule has 2 fully saturated rings. The van der Waals surface area contributed by atoms with Gasteiger partial charge in [0, 0.05) is 37.3 Å². The van der Waals surface area contributed by atoms with Gasteiger partial charge in [0.15, 0.2) is 0 Å². The number of methoxy groups -OCH3 is 1. The highest BCUT2D eigenvalue weighted by molar-refractivity contribution is 5.89. The molecule has 2 aliphatic rings. The first kappa shape index (κ1) is 18.5. The molecular formula is C20H29N3O3. The molecule has 0 spiro atoms. The van der Waals surface area contributed by atoms with Gasteiger partial charge < -0.3 is 20.3 Å². The summed E-state index contributed by atoms with van der Waals surface area (Å²) >= 11 is 0. The number of urea groups is 1. The lowest BCUT2D eigenvalue weighted by Gasteiger charge is -2.38. The Bertz CT molecular complexity index is 645. The number of carbonyl (C=O) groups is 2. The number of piperidine rings is 1. The van der Waals surface area contributed by atoms with Crippen LogP contribution < -0.4 is 15.4 Å². The standard InChI is InChI=1S/C20H29N3O3/c1-3-14-13-23(10-9-15(14)11-19(24)21-16-7-8-16)20(25)22-17-5-4-6-18(12-17)26-2/h4-6,12,14-16H,3,7-11,13H2,1-2H3,(H,21,24)(H,22,25). The molecule has 2 N–H and O–H groups in total. The van der Waals surface area contributed by atoms with Crippen LogP contribution in [0.4, 0.5) is 10.5 Å². The van der Waals surface area contributed by atoms with E-state index in [0.717, 1.165) is 37.1 Å². The quantitative estimate of drug-likeness (QED) is 0.819. The number of hydrogen-bond donors (Lipinski definition) is 2. The molecule has 1 saturated carbocycles. The second kappa shape index (κ2) is 8.43. The maximum atomic E-state index is 12.6. The maximum absolute atomic E-state index is 12.6. The molecule has 1 aliphatic carbocycles. The highest BCUT2D eigenvalue weighted by atomic mass is 16.5. The van der Waals surface area contributed by atoms with E-state index in [1.807, 2.05) is 29.2 Å². The van der Waals surface area contributed by atoms with E-state index in [4.69, 9.17) is 4.74 Å². The van der Waals surface area contributed by atoms with Crippen LogP contribution in [0.2, 0.25) is 0 Å². The zero-order valence-electron chi connectivity index (χ0n) is 15.7. The lowest BCUT2D eigenvalue weighted by atomic mass is 9.81. The van der Waals surface area contributed by atoms with Gasteiger partial charge in [-0.1, -0.05) is 19.4 Å². The summed E-state index contributed by atoms with van der Waals surface area (Å²) in [7, 11) is 1.61. The van der Waals surface area contributed by atoms with Crippen LogP contribution >= 0.6 is 0 Å². The van der Waals surface area contributed by atoms with Gasteiger partial charge in [-0.2, -0.15) is 0 Å². The van der Waals surface area contributed by atoms with E-state index in [1.165, 1.54) is 0 Å². The van der Waals surface area contributed by atoms with E-state index in [9.17, 15) is 9.59 Å². The zero-order valence-corrected chi connectivity index (χ0v) is 15.7. The highest BCUT2D eigenvalue weighted by Crippen LogP contribution is 2.30. The lowest BCUT2D eigenvalue weighted by Crippen LogP contribution is -2.46. The molecule has 142 valence electrons. The summed E-state index contributed by atoms with van der Waals surface area (Å²) in [4.78, 5) is 26.6. The molecule has 0 radical (unpaired) electrons. The first-order chi connectivity index (χ1) is 12.6. The summed E-state index contributed by atoms with van der Waals surface area (Å²) in [5.41, 5.74) is 0.730. The molecular weight excluding hydrogens is 330 g/mol. The first-order valence-electron chi connectivity index (χ1n) is 9.58. The Morgan fingerprint density at radius 3 is 2.73 bits per heavy atom. The molecule has 3 amide bonds. The molecule has 2 atom stereocenters. The number of rotatable bonds is 6. The van der Waals surface area contributed by atoms with E-state index in [2.05, 4.69) is 17.6 Å². The average Bonchev–Trinajstić information content (AvgIpc) is 3.45. The van der Waals surface area contributed by atoms with Crippen molar-refractivity contribution in [1.29, 1.82) is 0 Å². The van der Waals surface area contributed by atoms with Crippen LogP contribution in [0.3, 0.4) is 0 Å². The number of amides is 3. The number of nitrogens with one attached hydrogen (secondary N) is 2. The Kier molecular flexibility index (Phi) is 6.01. The van der Waals surface area contributed by atoms with Crippen molar-refractivity contribution in [2.24, 2.45) is 11.8 Å². The number of nitrogens with zero attached hydrogens (tertiary/aromatic N) is 1. The summed E-state index contributed by atoms with van der Waals surface area (Å²) in [5.74, 6) is 1.62.